The van der Waals surface area contributed by atoms with Crippen molar-refractivity contribution >= 4 is 30.8 Å². The molecule has 0 fully saturated rings. The molecule has 1 aromatic rings. The van der Waals surface area contributed by atoms with Crippen LogP contribution >= 0.6 is 0 Å². The first-order valence-corrected chi connectivity index (χ1v) is 18.9. The van der Waals surface area contributed by atoms with Crippen molar-refractivity contribution in [2.45, 2.75) is 71.4 Å². The molecule has 1 N–H and O–H groups in total. The second-order valence-electron chi connectivity index (χ2n) is 9.21. The van der Waals surface area contributed by atoms with Crippen LogP contribution < -0.4 is 9.41 Å². The lowest BCUT2D eigenvalue weighted by molar-refractivity contribution is -0.137. The van der Waals surface area contributed by atoms with Crippen molar-refractivity contribution in [3.05, 3.63) is 29.7 Å². The summed E-state index contributed by atoms with van der Waals surface area (Å²) in [6.07, 6.45) is 0.0379. The standard InChI is InChI=1S/C18H35NO3Si3/c1-23(2,3)19-17(18(20)22-25(7,8)9)14-15-10-12-16(13-11-15)21-24(4,5)6/h10-13,17,19H,14H2,1-9H3/t17-/m0/s1/i10D,11D,12D,13D. The van der Waals surface area contributed by atoms with Gasteiger partial charge in [0.15, 0.2) is 0 Å². The van der Waals surface area contributed by atoms with Crippen molar-refractivity contribution in [3.63, 3.8) is 0 Å². The second kappa shape index (κ2) is 8.20. The van der Waals surface area contributed by atoms with Crippen LogP contribution in [0.25, 0.3) is 0 Å². The van der Waals surface area contributed by atoms with Crippen LogP contribution in [0.5, 0.6) is 5.75 Å². The maximum Gasteiger partial charge on any atom is 0.309 e. The van der Waals surface area contributed by atoms with Gasteiger partial charge in [-0.15, -0.1) is 0 Å². The van der Waals surface area contributed by atoms with Gasteiger partial charge >= 0.3 is 5.97 Å². The van der Waals surface area contributed by atoms with E-state index in [9.17, 15) is 4.79 Å². The Kier molecular flexibility index (Phi) is 5.34. The van der Waals surface area contributed by atoms with Gasteiger partial charge in [0.1, 0.15) is 20.0 Å². The van der Waals surface area contributed by atoms with E-state index in [4.69, 9.17) is 14.3 Å². The summed E-state index contributed by atoms with van der Waals surface area (Å²) in [6, 6.07) is -1.45. The van der Waals surface area contributed by atoms with Crippen LogP contribution in [0.4, 0.5) is 0 Å². The fraction of sp³-hybridized carbons (Fsp3) is 0.611. The van der Waals surface area contributed by atoms with Crippen LogP contribution in [0.1, 0.15) is 11.0 Å². The van der Waals surface area contributed by atoms with Crippen LogP contribution in [0.2, 0.25) is 58.9 Å². The van der Waals surface area contributed by atoms with Gasteiger partial charge in [-0.3, -0.25) is 4.79 Å². The smallest absolute Gasteiger partial charge is 0.309 e. The molecule has 0 unspecified atom stereocenters. The van der Waals surface area contributed by atoms with Gasteiger partial charge in [0.05, 0.1) is 5.48 Å². The van der Waals surface area contributed by atoms with Crippen molar-refractivity contribution in [1.82, 2.24) is 4.98 Å². The Balaban J connectivity index is 3.40. The molecule has 1 atom stereocenters. The van der Waals surface area contributed by atoms with E-state index in [2.05, 4.69) is 24.6 Å². The lowest BCUT2D eigenvalue weighted by Gasteiger charge is -2.29. The van der Waals surface area contributed by atoms with E-state index in [1.54, 1.807) is 0 Å². The molecule has 0 amide bonds. The van der Waals surface area contributed by atoms with E-state index in [0.29, 0.717) is 0 Å². The number of carbonyl (C=O) groups is 1. The predicted octanol–water partition coefficient (Wildman–Crippen LogP) is 4.61. The number of benzene rings is 1. The van der Waals surface area contributed by atoms with Crippen LogP contribution in [0.15, 0.2) is 24.2 Å². The van der Waals surface area contributed by atoms with Gasteiger partial charge in [0, 0.05) is 0 Å². The third-order valence-electron chi connectivity index (χ3n) is 2.77. The van der Waals surface area contributed by atoms with Crippen LogP contribution in [0.3, 0.4) is 0 Å². The van der Waals surface area contributed by atoms with Gasteiger partial charge in [-0.05, 0) is 63.4 Å². The first kappa shape index (κ1) is 16.3. The number of hydrogen-bond acceptors (Lipinski definition) is 4. The molecule has 0 bridgehead atoms. The molecular weight excluding hydrogens is 362 g/mol. The molecule has 0 aliphatic heterocycles. The minimum atomic E-state index is -2.12. The number of hydrogen-bond donors (Lipinski definition) is 1. The van der Waals surface area contributed by atoms with E-state index < -0.39 is 36.9 Å². The Labute approximate surface area is 162 Å². The summed E-state index contributed by atoms with van der Waals surface area (Å²) >= 11 is 0. The number of rotatable bonds is 8. The molecule has 1 aromatic carbocycles. The van der Waals surface area contributed by atoms with Gasteiger partial charge in [-0.25, -0.2) is 0 Å². The SMILES string of the molecule is [2H]c1c([2H])c(O[Si](C)(C)C)c([2H])c([2H])c1C[C@H](N[Si](C)(C)C)C(=O)O[Si](C)(C)C. The Morgan fingerprint density at radius 3 is 1.92 bits per heavy atom. The Morgan fingerprint density at radius 1 is 1.00 bits per heavy atom. The summed E-state index contributed by atoms with van der Waals surface area (Å²) in [5.41, 5.74) is 0.200. The molecule has 25 heavy (non-hydrogen) atoms. The van der Waals surface area contributed by atoms with Crippen molar-refractivity contribution in [1.29, 1.82) is 0 Å². The molecule has 142 valence electrons. The quantitative estimate of drug-likeness (QED) is 0.646. The maximum absolute atomic E-state index is 12.8. The average molecular weight is 402 g/mol. The first-order valence-electron chi connectivity index (χ1n) is 10.6. The lowest BCUT2D eigenvalue weighted by Crippen LogP contribution is -2.54. The Hall–Kier alpha value is -0.899. The summed E-state index contributed by atoms with van der Waals surface area (Å²) in [7, 11) is -6.12. The van der Waals surface area contributed by atoms with E-state index in [1.807, 2.05) is 39.3 Å². The molecule has 7 heteroatoms. The molecule has 0 heterocycles. The monoisotopic (exact) mass is 401 g/mol. The molecular formula is C18H35NO3Si3. The highest BCUT2D eigenvalue weighted by atomic mass is 28.4. The first-order chi connectivity index (χ1) is 12.8. The van der Waals surface area contributed by atoms with Crippen LogP contribution in [0, 0.1) is 0 Å². The second-order valence-corrected chi connectivity index (χ2v) is 22.9. The van der Waals surface area contributed by atoms with Crippen molar-refractivity contribution in [3.8, 4) is 5.75 Å². The van der Waals surface area contributed by atoms with Crippen molar-refractivity contribution < 1.29 is 19.1 Å². The number of nitrogens with one attached hydrogen (secondary N) is 1. The van der Waals surface area contributed by atoms with Gasteiger partial charge in [0.25, 0.3) is 0 Å². The molecule has 4 nitrogen and oxygen atoms in total. The van der Waals surface area contributed by atoms with Gasteiger partial charge in [0.2, 0.25) is 16.6 Å². The highest BCUT2D eigenvalue weighted by Gasteiger charge is 2.30. The maximum atomic E-state index is 12.8. The fourth-order valence-corrected chi connectivity index (χ4v) is 4.80. The largest absolute Gasteiger partial charge is 0.544 e. The fourth-order valence-electron chi connectivity index (χ4n) is 2.08. The third-order valence-corrected chi connectivity index (χ3v) is 5.61. The topological polar surface area (TPSA) is 47.6 Å². The highest BCUT2D eigenvalue weighted by molar-refractivity contribution is 6.74. The van der Waals surface area contributed by atoms with Crippen LogP contribution in [-0.4, -0.2) is 36.9 Å². The minimum Gasteiger partial charge on any atom is -0.544 e. The lowest BCUT2D eigenvalue weighted by atomic mass is 10.1. The average Bonchev–Trinajstić information content (AvgIpc) is 2.49. The molecule has 0 saturated carbocycles. The minimum absolute atomic E-state index is 0.0118. The zero-order valence-corrected chi connectivity index (χ0v) is 20.0. The molecule has 0 saturated heterocycles. The molecule has 1 rings (SSSR count). The van der Waals surface area contributed by atoms with E-state index in [-0.39, 0.29) is 41.9 Å². The van der Waals surface area contributed by atoms with Gasteiger partial charge in [-0.1, -0.05) is 31.7 Å². The predicted molar refractivity (Wildman–Crippen MR) is 114 cm³/mol. The van der Waals surface area contributed by atoms with E-state index >= 15 is 0 Å². The molecule has 0 aliphatic rings. The number of carbonyl (C=O) groups excluding carboxylic acids is 1. The normalized spacial score (nSPS) is 16.4. The van der Waals surface area contributed by atoms with Crippen LogP contribution in [-0.2, 0) is 15.6 Å². The molecule has 0 radical (unpaired) electrons. The summed E-state index contributed by atoms with van der Waals surface area (Å²) in [4.78, 5) is 16.2. The molecule has 0 spiro atoms. The summed E-state index contributed by atoms with van der Waals surface area (Å²) in [5.74, 6) is -0.409. The van der Waals surface area contributed by atoms with Gasteiger partial charge < -0.3 is 13.8 Å². The third kappa shape index (κ3) is 9.98. The molecule has 0 aromatic heterocycles. The van der Waals surface area contributed by atoms with E-state index in [1.165, 1.54) is 0 Å². The zero-order chi connectivity index (χ0) is 22.9. The summed E-state index contributed by atoms with van der Waals surface area (Å²) in [6.45, 7) is 17.7. The van der Waals surface area contributed by atoms with Crippen molar-refractivity contribution in [2.24, 2.45) is 0 Å². The van der Waals surface area contributed by atoms with E-state index in [0.717, 1.165) is 0 Å². The summed E-state index contributed by atoms with van der Waals surface area (Å²) < 4.78 is 44.9. The zero-order valence-electron chi connectivity index (χ0n) is 21.0. The van der Waals surface area contributed by atoms with Crippen molar-refractivity contribution in [2.75, 3.05) is 0 Å². The highest BCUT2D eigenvalue weighted by Crippen LogP contribution is 2.18. The molecule has 0 aliphatic carbocycles. The van der Waals surface area contributed by atoms with Gasteiger partial charge in [-0.2, -0.15) is 0 Å². The Bertz CT molecular complexity index is 743. The summed E-state index contributed by atoms with van der Waals surface area (Å²) in [5, 5.41) is 0. The Morgan fingerprint density at radius 2 is 1.52 bits per heavy atom.